The smallest absolute Gasteiger partial charge is 0.229 e. The van der Waals surface area contributed by atoms with Gasteiger partial charge in [-0.1, -0.05) is 24.3 Å². The molecule has 2 N–H and O–H groups in total. The third kappa shape index (κ3) is 5.37. The molecule has 1 aromatic heterocycles. The number of carbonyl (C=O) groups is 1. The Balaban J connectivity index is 1.48. The van der Waals surface area contributed by atoms with Crippen LogP contribution in [0.25, 0.3) is 0 Å². The van der Waals surface area contributed by atoms with Crippen LogP contribution < -0.4 is 5.32 Å². The van der Waals surface area contributed by atoms with Crippen LogP contribution in [-0.4, -0.2) is 25.6 Å². The Kier molecular flexibility index (Phi) is 7.00. The van der Waals surface area contributed by atoms with Gasteiger partial charge in [0.25, 0.3) is 0 Å². The number of benzene rings is 2. The van der Waals surface area contributed by atoms with Crippen molar-refractivity contribution in [1.82, 2.24) is 4.90 Å². The van der Waals surface area contributed by atoms with Crippen LogP contribution in [0.3, 0.4) is 0 Å². The zero-order valence-corrected chi connectivity index (χ0v) is 19.5. The van der Waals surface area contributed by atoms with Gasteiger partial charge in [-0.2, -0.15) is 5.26 Å². The van der Waals surface area contributed by atoms with Gasteiger partial charge in [-0.05, 0) is 48.7 Å². The molecule has 0 bridgehead atoms. The largest absolute Gasteiger partial charge is 0.316 e. The summed E-state index contributed by atoms with van der Waals surface area (Å²) in [5, 5.41) is 13.2. The fourth-order valence-corrected chi connectivity index (χ4v) is 5.63. The molecule has 3 aromatic rings. The summed E-state index contributed by atoms with van der Waals surface area (Å²) < 4.78 is 33.8. The Bertz CT molecular complexity index is 1250. The third-order valence-corrected chi connectivity index (χ3v) is 7.53. The highest BCUT2D eigenvalue weighted by Crippen LogP contribution is 2.38. The van der Waals surface area contributed by atoms with E-state index in [1.807, 2.05) is 6.07 Å². The molecule has 0 radical (unpaired) electrons. The van der Waals surface area contributed by atoms with E-state index in [2.05, 4.69) is 23.2 Å². The lowest BCUT2D eigenvalue weighted by atomic mass is 9.99. The lowest BCUT2D eigenvalue weighted by Crippen LogP contribution is -2.37. The molecule has 33 heavy (non-hydrogen) atoms. The van der Waals surface area contributed by atoms with E-state index >= 15 is 0 Å². The molecule has 0 spiro atoms. The summed E-state index contributed by atoms with van der Waals surface area (Å²) in [6, 6.07) is 15.3. The molecule has 2 aromatic carbocycles. The number of thiophene rings is 1. The molecule has 0 saturated heterocycles. The number of halogens is 1. The maximum absolute atomic E-state index is 13.6. The number of anilines is 1. The minimum atomic E-state index is -2.06. The lowest BCUT2D eigenvalue weighted by molar-refractivity contribution is -0.115. The maximum atomic E-state index is 13.6. The molecular weight excluding hydrogens is 461 g/mol. The second kappa shape index (κ2) is 9.93. The molecule has 2 atom stereocenters. The number of amides is 1. The van der Waals surface area contributed by atoms with Crippen LogP contribution in [0, 0.1) is 17.1 Å². The van der Waals surface area contributed by atoms with Gasteiger partial charge in [-0.25, -0.2) is 8.60 Å². The third-order valence-electron chi connectivity index (χ3n) is 5.69. The standard InChI is InChI=1S/C24H22FN3O3S2/c1-15-9-22-21(14-28(15)13-17-3-2-4-18(25)10-17)20(12-26)24(32-22)27-23(29)11-16-5-7-19(8-6-16)33(30)31/h2-8,10,15H,9,11,13-14H2,1H3,(H,27,29)(H,30,31). The molecule has 9 heteroatoms. The van der Waals surface area contributed by atoms with Crippen molar-refractivity contribution in [3.63, 3.8) is 0 Å². The van der Waals surface area contributed by atoms with Crippen LogP contribution in [0.4, 0.5) is 9.39 Å². The van der Waals surface area contributed by atoms with Gasteiger partial charge in [0, 0.05) is 29.6 Å². The summed E-state index contributed by atoms with van der Waals surface area (Å²) in [5.74, 6) is -0.525. The van der Waals surface area contributed by atoms with Crippen molar-refractivity contribution < 1.29 is 17.9 Å². The van der Waals surface area contributed by atoms with Gasteiger partial charge in [0.1, 0.15) is 16.9 Å². The van der Waals surface area contributed by atoms with Crippen LogP contribution in [0.2, 0.25) is 0 Å². The summed E-state index contributed by atoms with van der Waals surface area (Å²) in [4.78, 5) is 16.2. The van der Waals surface area contributed by atoms with Crippen molar-refractivity contribution >= 4 is 33.3 Å². The van der Waals surface area contributed by atoms with Crippen LogP contribution >= 0.6 is 11.3 Å². The van der Waals surface area contributed by atoms with Crippen molar-refractivity contribution in [3.8, 4) is 6.07 Å². The molecule has 1 aliphatic heterocycles. The quantitative estimate of drug-likeness (QED) is 0.505. The highest BCUT2D eigenvalue weighted by atomic mass is 32.2. The molecule has 0 fully saturated rings. The first-order valence-electron chi connectivity index (χ1n) is 10.4. The first-order chi connectivity index (χ1) is 15.8. The van der Waals surface area contributed by atoms with Crippen molar-refractivity contribution in [2.45, 2.75) is 43.8 Å². The first kappa shape index (κ1) is 23.3. The van der Waals surface area contributed by atoms with Gasteiger partial charge in [0.2, 0.25) is 5.91 Å². The molecule has 170 valence electrons. The van der Waals surface area contributed by atoms with E-state index in [-0.39, 0.29) is 29.1 Å². The lowest BCUT2D eigenvalue weighted by Gasteiger charge is -2.33. The van der Waals surface area contributed by atoms with Crippen molar-refractivity contribution in [3.05, 3.63) is 81.5 Å². The highest BCUT2D eigenvalue weighted by Gasteiger charge is 2.29. The van der Waals surface area contributed by atoms with E-state index in [0.717, 1.165) is 22.4 Å². The van der Waals surface area contributed by atoms with E-state index in [4.69, 9.17) is 4.55 Å². The van der Waals surface area contributed by atoms with Crippen LogP contribution in [0.15, 0.2) is 53.4 Å². The van der Waals surface area contributed by atoms with Crippen LogP contribution in [0.1, 0.15) is 34.1 Å². The molecule has 0 saturated carbocycles. The average Bonchev–Trinajstić information content (AvgIpc) is 3.09. The topological polar surface area (TPSA) is 93.4 Å². The number of fused-ring (bicyclic) bond motifs is 1. The normalized spacial score (nSPS) is 16.6. The van der Waals surface area contributed by atoms with E-state index in [0.29, 0.717) is 29.2 Å². The summed E-state index contributed by atoms with van der Waals surface area (Å²) in [6.45, 7) is 3.24. The minimum Gasteiger partial charge on any atom is -0.316 e. The van der Waals surface area contributed by atoms with E-state index in [1.54, 1.807) is 18.2 Å². The minimum absolute atomic E-state index is 0.0911. The Morgan fingerprint density at radius 3 is 2.73 bits per heavy atom. The van der Waals surface area contributed by atoms with Crippen molar-refractivity contribution in [1.29, 1.82) is 5.26 Å². The zero-order chi connectivity index (χ0) is 23.5. The molecule has 6 nitrogen and oxygen atoms in total. The Labute approximate surface area is 198 Å². The Hall–Kier alpha value is -2.90. The van der Waals surface area contributed by atoms with Crippen LogP contribution in [0.5, 0.6) is 0 Å². The Morgan fingerprint density at radius 2 is 2.06 bits per heavy atom. The highest BCUT2D eigenvalue weighted by molar-refractivity contribution is 7.79. The van der Waals surface area contributed by atoms with Crippen molar-refractivity contribution in [2.75, 3.05) is 5.32 Å². The molecule has 4 rings (SSSR count). The fraction of sp³-hybridized carbons (Fsp3) is 0.250. The number of rotatable bonds is 6. The molecular formula is C24H22FN3O3S2. The monoisotopic (exact) mass is 483 g/mol. The predicted octanol–water partition coefficient (Wildman–Crippen LogP) is 4.47. The summed E-state index contributed by atoms with van der Waals surface area (Å²) in [7, 11) is 0. The molecule has 1 aliphatic rings. The van der Waals surface area contributed by atoms with E-state index in [9.17, 15) is 18.7 Å². The van der Waals surface area contributed by atoms with Gasteiger partial charge in [-0.15, -0.1) is 11.3 Å². The molecule has 2 heterocycles. The first-order valence-corrected chi connectivity index (χ1v) is 12.3. The van der Waals surface area contributed by atoms with Gasteiger partial charge in [0.15, 0.2) is 11.1 Å². The van der Waals surface area contributed by atoms with E-state index in [1.165, 1.54) is 35.6 Å². The number of hydrogen-bond acceptors (Lipinski definition) is 5. The predicted molar refractivity (Wildman–Crippen MR) is 126 cm³/mol. The number of carbonyl (C=O) groups excluding carboxylic acids is 1. The average molecular weight is 484 g/mol. The molecule has 0 aliphatic carbocycles. The van der Waals surface area contributed by atoms with E-state index < -0.39 is 11.1 Å². The number of hydrogen-bond donors (Lipinski definition) is 2. The number of nitrogens with zero attached hydrogens (tertiary/aromatic N) is 2. The maximum Gasteiger partial charge on any atom is 0.229 e. The van der Waals surface area contributed by atoms with Gasteiger partial charge in [-0.3, -0.25) is 9.69 Å². The Morgan fingerprint density at radius 1 is 1.30 bits per heavy atom. The second-order valence-corrected chi connectivity index (χ2v) is 10.1. The fourth-order valence-electron chi connectivity index (χ4n) is 3.97. The summed E-state index contributed by atoms with van der Waals surface area (Å²) in [5.41, 5.74) is 2.98. The number of nitriles is 1. The van der Waals surface area contributed by atoms with Gasteiger partial charge in [0.05, 0.1) is 16.9 Å². The van der Waals surface area contributed by atoms with Crippen molar-refractivity contribution in [2.24, 2.45) is 0 Å². The SMILES string of the molecule is CC1Cc2sc(NC(=O)Cc3ccc(S(=O)O)cc3)c(C#N)c2CN1Cc1cccc(F)c1. The van der Waals surface area contributed by atoms with Crippen LogP contribution in [-0.2, 0) is 41.8 Å². The molecule has 2 unspecified atom stereocenters. The summed E-state index contributed by atoms with van der Waals surface area (Å²) in [6.07, 6.45) is 0.841. The molecule has 1 amide bonds. The number of nitrogens with one attached hydrogen (secondary N) is 1. The van der Waals surface area contributed by atoms with Gasteiger partial charge < -0.3 is 9.87 Å². The second-order valence-electron chi connectivity index (χ2n) is 8.03. The summed E-state index contributed by atoms with van der Waals surface area (Å²) >= 11 is -0.628. The van der Waals surface area contributed by atoms with Gasteiger partial charge >= 0.3 is 0 Å². The zero-order valence-electron chi connectivity index (χ0n) is 17.9.